The topological polar surface area (TPSA) is 37.3 Å². The van der Waals surface area contributed by atoms with Crippen LogP contribution >= 0.6 is 0 Å². The van der Waals surface area contributed by atoms with E-state index in [0.29, 0.717) is 12.0 Å². The van der Waals surface area contributed by atoms with Crippen molar-refractivity contribution in [1.29, 1.82) is 0 Å². The van der Waals surface area contributed by atoms with Crippen molar-refractivity contribution in [2.24, 2.45) is 5.92 Å². The average molecular weight is 226 g/mol. The van der Waals surface area contributed by atoms with E-state index in [1.807, 2.05) is 0 Å². The fraction of sp³-hybridized carbons (Fsp3) is 0.417. The van der Waals surface area contributed by atoms with Gasteiger partial charge in [-0.3, -0.25) is 4.79 Å². The van der Waals surface area contributed by atoms with Crippen LogP contribution in [0.15, 0.2) is 18.2 Å². The summed E-state index contributed by atoms with van der Waals surface area (Å²) in [6.07, 6.45) is 2.15. The fourth-order valence-corrected chi connectivity index (χ4v) is 2.40. The van der Waals surface area contributed by atoms with Crippen LogP contribution in [0.3, 0.4) is 0 Å². The minimum absolute atomic E-state index is 0.187. The lowest BCUT2D eigenvalue weighted by Gasteiger charge is -2.16. The zero-order valence-corrected chi connectivity index (χ0v) is 8.62. The first kappa shape index (κ1) is 11.0. The number of hydrogen-bond donors (Lipinski definition) is 1. The molecule has 2 unspecified atom stereocenters. The zero-order valence-electron chi connectivity index (χ0n) is 8.62. The zero-order chi connectivity index (χ0) is 11.7. The van der Waals surface area contributed by atoms with Gasteiger partial charge in [-0.2, -0.15) is 0 Å². The predicted octanol–water partition coefficient (Wildman–Crippen LogP) is 2.93. The minimum atomic E-state index is -0.909. The molecule has 1 aromatic carbocycles. The van der Waals surface area contributed by atoms with E-state index < -0.39 is 23.5 Å². The molecule has 1 aliphatic rings. The number of carboxylic acids is 1. The third kappa shape index (κ3) is 1.92. The SMILES string of the molecule is O=C(O)C1CCCC1c1ccc(F)c(F)c1. The van der Waals surface area contributed by atoms with E-state index in [-0.39, 0.29) is 5.92 Å². The van der Waals surface area contributed by atoms with Gasteiger partial charge >= 0.3 is 5.97 Å². The van der Waals surface area contributed by atoms with Gasteiger partial charge in [-0.15, -0.1) is 0 Å². The van der Waals surface area contributed by atoms with E-state index in [4.69, 9.17) is 5.11 Å². The predicted molar refractivity (Wildman–Crippen MR) is 54.1 cm³/mol. The van der Waals surface area contributed by atoms with E-state index in [9.17, 15) is 13.6 Å². The van der Waals surface area contributed by atoms with Gasteiger partial charge in [-0.1, -0.05) is 12.5 Å². The maximum absolute atomic E-state index is 13.0. The van der Waals surface area contributed by atoms with Gasteiger partial charge in [0.15, 0.2) is 11.6 Å². The van der Waals surface area contributed by atoms with Gasteiger partial charge in [0.1, 0.15) is 0 Å². The number of carbonyl (C=O) groups is 1. The van der Waals surface area contributed by atoms with Crippen LogP contribution < -0.4 is 0 Å². The first-order valence-electron chi connectivity index (χ1n) is 5.27. The van der Waals surface area contributed by atoms with Crippen molar-refractivity contribution in [1.82, 2.24) is 0 Å². The molecule has 1 N–H and O–H groups in total. The Morgan fingerprint density at radius 2 is 2.00 bits per heavy atom. The van der Waals surface area contributed by atoms with Crippen LogP contribution in [0.25, 0.3) is 0 Å². The maximum Gasteiger partial charge on any atom is 0.307 e. The Hall–Kier alpha value is -1.45. The number of benzene rings is 1. The van der Waals surface area contributed by atoms with E-state index in [2.05, 4.69) is 0 Å². The lowest BCUT2D eigenvalue weighted by molar-refractivity contribution is -0.142. The Morgan fingerprint density at radius 3 is 2.62 bits per heavy atom. The lowest BCUT2D eigenvalue weighted by Crippen LogP contribution is -2.16. The Labute approximate surface area is 91.9 Å². The first-order chi connectivity index (χ1) is 7.59. The molecule has 16 heavy (non-hydrogen) atoms. The molecule has 1 saturated carbocycles. The molecule has 0 aliphatic heterocycles. The molecular formula is C12H12F2O2. The Morgan fingerprint density at radius 1 is 1.25 bits per heavy atom. The van der Waals surface area contributed by atoms with Crippen molar-refractivity contribution in [2.45, 2.75) is 25.2 Å². The third-order valence-corrected chi connectivity index (χ3v) is 3.20. The highest BCUT2D eigenvalue weighted by molar-refractivity contribution is 5.71. The van der Waals surface area contributed by atoms with Crippen LogP contribution in [-0.2, 0) is 4.79 Å². The van der Waals surface area contributed by atoms with E-state index >= 15 is 0 Å². The lowest BCUT2D eigenvalue weighted by atomic mass is 9.89. The molecule has 2 rings (SSSR count). The summed E-state index contributed by atoms with van der Waals surface area (Å²) in [6.45, 7) is 0. The molecule has 86 valence electrons. The molecule has 0 aromatic heterocycles. The standard InChI is InChI=1S/C12H12F2O2/c13-10-5-4-7(6-11(10)14)8-2-1-3-9(8)12(15)16/h4-6,8-9H,1-3H2,(H,15,16). The van der Waals surface area contributed by atoms with Gasteiger partial charge in [0, 0.05) is 0 Å². The number of halogens is 2. The summed E-state index contributed by atoms with van der Waals surface area (Å²) in [5.74, 6) is -3.31. The Kier molecular flexibility index (Phi) is 2.90. The van der Waals surface area contributed by atoms with Crippen LogP contribution in [0, 0.1) is 17.6 Å². The van der Waals surface area contributed by atoms with Gasteiger partial charge < -0.3 is 5.11 Å². The molecule has 2 nitrogen and oxygen atoms in total. The number of carboxylic acid groups (broad SMARTS) is 1. The summed E-state index contributed by atoms with van der Waals surface area (Å²) in [5, 5.41) is 9.00. The molecule has 0 radical (unpaired) electrons. The molecule has 1 fully saturated rings. The van der Waals surface area contributed by atoms with Gasteiger partial charge in [0.25, 0.3) is 0 Å². The van der Waals surface area contributed by atoms with Crippen LogP contribution in [0.5, 0.6) is 0 Å². The van der Waals surface area contributed by atoms with E-state index in [1.54, 1.807) is 0 Å². The highest BCUT2D eigenvalue weighted by Gasteiger charge is 2.34. The summed E-state index contributed by atoms with van der Waals surface area (Å²) in [4.78, 5) is 11.0. The van der Waals surface area contributed by atoms with Gasteiger partial charge in [-0.05, 0) is 36.5 Å². The van der Waals surface area contributed by atoms with Crippen LogP contribution in [0.4, 0.5) is 8.78 Å². The summed E-state index contributed by atoms with van der Waals surface area (Å²) in [7, 11) is 0. The molecule has 0 heterocycles. The molecule has 1 aliphatic carbocycles. The molecule has 4 heteroatoms. The van der Waals surface area contributed by atoms with E-state index in [1.165, 1.54) is 6.07 Å². The smallest absolute Gasteiger partial charge is 0.307 e. The fourth-order valence-electron chi connectivity index (χ4n) is 2.40. The Balaban J connectivity index is 2.29. The van der Waals surface area contributed by atoms with Crippen molar-refractivity contribution in [3.63, 3.8) is 0 Å². The summed E-state index contributed by atoms with van der Waals surface area (Å²) < 4.78 is 25.8. The summed E-state index contributed by atoms with van der Waals surface area (Å²) >= 11 is 0. The second-order valence-corrected chi connectivity index (χ2v) is 4.16. The van der Waals surface area contributed by atoms with Crippen molar-refractivity contribution in [2.75, 3.05) is 0 Å². The normalized spacial score (nSPS) is 24.6. The monoisotopic (exact) mass is 226 g/mol. The largest absolute Gasteiger partial charge is 0.481 e. The van der Waals surface area contributed by atoms with E-state index in [0.717, 1.165) is 25.0 Å². The van der Waals surface area contributed by atoms with Crippen molar-refractivity contribution in [3.05, 3.63) is 35.4 Å². The number of rotatable bonds is 2. The molecular weight excluding hydrogens is 214 g/mol. The maximum atomic E-state index is 13.0. The van der Waals surface area contributed by atoms with Gasteiger partial charge in [0.2, 0.25) is 0 Å². The highest BCUT2D eigenvalue weighted by Crippen LogP contribution is 2.39. The minimum Gasteiger partial charge on any atom is -0.481 e. The van der Waals surface area contributed by atoms with Crippen molar-refractivity contribution in [3.8, 4) is 0 Å². The summed E-state index contributed by atoms with van der Waals surface area (Å²) in [6, 6.07) is 3.65. The van der Waals surface area contributed by atoms with Gasteiger partial charge in [0.05, 0.1) is 5.92 Å². The molecule has 2 atom stereocenters. The van der Waals surface area contributed by atoms with Crippen LogP contribution in [0.2, 0.25) is 0 Å². The highest BCUT2D eigenvalue weighted by atomic mass is 19.2. The average Bonchev–Trinajstić information content (AvgIpc) is 2.71. The van der Waals surface area contributed by atoms with Crippen LogP contribution in [0.1, 0.15) is 30.7 Å². The number of aliphatic carboxylic acids is 1. The summed E-state index contributed by atoms with van der Waals surface area (Å²) in [5.41, 5.74) is 0.587. The molecule has 0 amide bonds. The second kappa shape index (κ2) is 4.20. The third-order valence-electron chi connectivity index (χ3n) is 3.20. The molecule has 1 aromatic rings. The molecule has 0 saturated heterocycles. The van der Waals surface area contributed by atoms with Gasteiger partial charge in [-0.25, -0.2) is 8.78 Å². The van der Waals surface area contributed by atoms with Crippen molar-refractivity contribution < 1.29 is 18.7 Å². The second-order valence-electron chi connectivity index (χ2n) is 4.16. The molecule has 0 spiro atoms. The first-order valence-corrected chi connectivity index (χ1v) is 5.27. The van der Waals surface area contributed by atoms with Crippen molar-refractivity contribution >= 4 is 5.97 Å². The Bertz CT molecular complexity index is 417. The number of hydrogen-bond acceptors (Lipinski definition) is 1. The quantitative estimate of drug-likeness (QED) is 0.841. The van der Waals surface area contributed by atoms with Crippen LogP contribution in [-0.4, -0.2) is 11.1 Å². The molecule has 0 bridgehead atoms.